The first kappa shape index (κ1) is 14.9. The number of benzene rings is 2. The molecule has 1 atom stereocenters. The van der Waals surface area contributed by atoms with Crippen LogP contribution in [0.2, 0.25) is 0 Å². The molecule has 118 valence electrons. The van der Waals surface area contributed by atoms with Crippen molar-refractivity contribution in [3.8, 4) is 17.6 Å². The van der Waals surface area contributed by atoms with Gasteiger partial charge in [-0.25, -0.2) is 4.79 Å². The quantitative estimate of drug-likeness (QED) is 0.671. The van der Waals surface area contributed by atoms with Gasteiger partial charge in [0, 0.05) is 0 Å². The van der Waals surface area contributed by atoms with Gasteiger partial charge in [0.2, 0.25) is 0 Å². The summed E-state index contributed by atoms with van der Waals surface area (Å²) in [6.07, 6.45) is -0.652. The second-order valence-corrected chi connectivity index (χ2v) is 4.78. The molecule has 3 rings (SSSR count). The topological polar surface area (TPSA) is 70.8 Å². The van der Waals surface area contributed by atoms with Crippen LogP contribution in [0.5, 0.6) is 17.6 Å². The molecule has 1 heterocycles. The number of carbonyl (C=O) groups excluding carboxylic acids is 1. The van der Waals surface area contributed by atoms with Gasteiger partial charge >= 0.3 is 12.0 Å². The highest BCUT2D eigenvalue weighted by atomic mass is 16.6. The zero-order chi connectivity index (χ0) is 16.2. The number of fused-ring (bicyclic) bond motifs is 1. The molecule has 0 saturated carbocycles. The number of oxazole rings is 1. The van der Waals surface area contributed by atoms with Gasteiger partial charge < -0.3 is 18.6 Å². The van der Waals surface area contributed by atoms with Crippen molar-refractivity contribution in [2.45, 2.75) is 13.0 Å². The first-order valence-corrected chi connectivity index (χ1v) is 7.04. The van der Waals surface area contributed by atoms with E-state index in [1.165, 1.54) is 7.11 Å². The Labute approximate surface area is 132 Å². The van der Waals surface area contributed by atoms with E-state index in [4.69, 9.17) is 13.9 Å². The van der Waals surface area contributed by atoms with E-state index in [-0.39, 0.29) is 6.08 Å². The molecule has 0 saturated heterocycles. The molecule has 0 fully saturated rings. The fourth-order valence-corrected chi connectivity index (χ4v) is 2.03. The Morgan fingerprint density at radius 1 is 1.09 bits per heavy atom. The van der Waals surface area contributed by atoms with Crippen molar-refractivity contribution < 1.29 is 23.4 Å². The van der Waals surface area contributed by atoms with Gasteiger partial charge in [-0.3, -0.25) is 0 Å². The van der Waals surface area contributed by atoms with Crippen LogP contribution in [0.3, 0.4) is 0 Å². The summed E-state index contributed by atoms with van der Waals surface area (Å²) in [6.45, 7) is 1.60. The minimum atomic E-state index is -0.756. The number of ether oxygens (including phenoxy) is 3. The number of nitrogens with zero attached hydrogens (tertiary/aromatic N) is 1. The summed E-state index contributed by atoms with van der Waals surface area (Å²) in [6, 6.07) is 14.3. The van der Waals surface area contributed by atoms with Crippen molar-refractivity contribution in [3.63, 3.8) is 0 Å². The van der Waals surface area contributed by atoms with Crippen LogP contribution in [0.15, 0.2) is 52.9 Å². The average Bonchev–Trinajstić information content (AvgIpc) is 2.98. The van der Waals surface area contributed by atoms with Gasteiger partial charge in [0.1, 0.15) is 5.52 Å². The molecule has 6 nitrogen and oxygen atoms in total. The fourth-order valence-electron chi connectivity index (χ4n) is 2.03. The molecule has 0 amide bonds. The Hall–Kier alpha value is -3.02. The van der Waals surface area contributed by atoms with Crippen LogP contribution in [0.4, 0.5) is 0 Å². The highest BCUT2D eigenvalue weighted by molar-refractivity contribution is 5.74. The zero-order valence-electron chi connectivity index (χ0n) is 12.7. The number of hydrogen-bond donors (Lipinski definition) is 0. The Balaban J connectivity index is 1.84. The lowest BCUT2D eigenvalue weighted by atomic mass is 10.3. The molecular weight excluding hydrogens is 298 g/mol. The first-order chi connectivity index (χ1) is 11.2. The minimum absolute atomic E-state index is 0.105. The molecule has 0 N–H and O–H groups in total. The van der Waals surface area contributed by atoms with Gasteiger partial charge in [-0.15, -0.1) is 0 Å². The lowest BCUT2D eigenvalue weighted by Gasteiger charge is -2.14. The Kier molecular flexibility index (Phi) is 4.14. The molecule has 6 heteroatoms. The third-order valence-electron chi connectivity index (χ3n) is 3.16. The molecule has 2 aromatic carbocycles. The van der Waals surface area contributed by atoms with Gasteiger partial charge in [-0.2, -0.15) is 4.98 Å². The van der Waals surface area contributed by atoms with Crippen molar-refractivity contribution in [2.75, 3.05) is 7.11 Å². The molecule has 0 spiro atoms. The molecule has 1 aromatic heterocycles. The average molecular weight is 313 g/mol. The molecule has 0 radical (unpaired) electrons. The van der Waals surface area contributed by atoms with Gasteiger partial charge in [0.15, 0.2) is 23.2 Å². The Morgan fingerprint density at radius 3 is 2.52 bits per heavy atom. The molecule has 23 heavy (non-hydrogen) atoms. The largest absolute Gasteiger partial charge is 0.475 e. The van der Waals surface area contributed by atoms with Crippen LogP contribution in [0.1, 0.15) is 6.92 Å². The fraction of sp³-hybridized carbons (Fsp3) is 0.176. The summed E-state index contributed by atoms with van der Waals surface area (Å²) < 4.78 is 21.4. The summed E-state index contributed by atoms with van der Waals surface area (Å²) in [4.78, 5) is 15.7. The van der Waals surface area contributed by atoms with Crippen molar-refractivity contribution in [1.29, 1.82) is 0 Å². The lowest BCUT2D eigenvalue weighted by Crippen LogP contribution is -2.25. The van der Waals surface area contributed by atoms with Gasteiger partial charge in [0.05, 0.1) is 7.11 Å². The standard InChI is InChI=1S/C17H15NO5/c1-11(16(19)20-2)21-14-9-5-6-10-15(14)23-17-18-12-7-3-4-8-13(12)22-17/h3-11H,1-2H3/t11-/m1/s1. The maximum absolute atomic E-state index is 11.5. The van der Waals surface area contributed by atoms with Crippen molar-refractivity contribution in [3.05, 3.63) is 48.5 Å². The number of esters is 1. The van der Waals surface area contributed by atoms with Crippen molar-refractivity contribution in [2.24, 2.45) is 0 Å². The van der Waals surface area contributed by atoms with Crippen LogP contribution < -0.4 is 9.47 Å². The summed E-state index contributed by atoms with van der Waals surface area (Å²) >= 11 is 0. The van der Waals surface area contributed by atoms with Gasteiger partial charge in [-0.1, -0.05) is 24.3 Å². The summed E-state index contributed by atoms with van der Waals surface area (Å²) in [5.41, 5.74) is 1.33. The highest BCUT2D eigenvalue weighted by Gasteiger charge is 2.18. The number of carbonyl (C=O) groups is 1. The normalized spacial score (nSPS) is 11.9. The number of methoxy groups -OCH3 is 1. The maximum atomic E-state index is 11.5. The monoisotopic (exact) mass is 313 g/mol. The number of para-hydroxylation sites is 4. The highest BCUT2D eigenvalue weighted by Crippen LogP contribution is 2.33. The van der Waals surface area contributed by atoms with E-state index in [2.05, 4.69) is 9.72 Å². The summed E-state index contributed by atoms with van der Waals surface area (Å²) in [5, 5.41) is 0. The van der Waals surface area contributed by atoms with Crippen LogP contribution >= 0.6 is 0 Å². The summed E-state index contributed by atoms with van der Waals surface area (Å²) in [7, 11) is 1.31. The lowest BCUT2D eigenvalue weighted by molar-refractivity contribution is -0.147. The number of rotatable bonds is 5. The van der Waals surface area contributed by atoms with Crippen molar-refractivity contribution in [1.82, 2.24) is 4.98 Å². The molecule has 0 bridgehead atoms. The minimum Gasteiger partial charge on any atom is -0.475 e. The van der Waals surface area contributed by atoms with E-state index < -0.39 is 12.1 Å². The van der Waals surface area contributed by atoms with Crippen LogP contribution in [0.25, 0.3) is 11.1 Å². The zero-order valence-corrected chi connectivity index (χ0v) is 12.7. The number of aromatic nitrogens is 1. The third-order valence-corrected chi connectivity index (χ3v) is 3.16. The molecular formula is C17H15NO5. The Bertz CT molecular complexity index is 793. The van der Waals surface area contributed by atoms with Gasteiger partial charge in [0.25, 0.3) is 0 Å². The predicted molar refractivity (Wildman–Crippen MR) is 82.6 cm³/mol. The number of hydrogen-bond acceptors (Lipinski definition) is 6. The van der Waals surface area contributed by atoms with Crippen LogP contribution in [-0.2, 0) is 9.53 Å². The summed E-state index contributed by atoms with van der Waals surface area (Å²) in [5.74, 6) is 0.323. The second-order valence-electron chi connectivity index (χ2n) is 4.78. The molecule has 0 unspecified atom stereocenters. The Morgan fingerprint density at radius 2 is 1.78 bits per heavy atom. The van der Waals surface area contributed by atoms with Crippen molar-refractivity contribution >= 4 is 17.1 Å². The third kappa shape index (κ3) is 3.26. The van der Waals surface area contributed by atoms with E-state index in [0.29, 0.717) is 22.6 Å². The predicted octanol–water partition coefficient (Wildman–Crippen LogP) is 3.56. The van der Waals surface area contributed by atoms with E-state index in [9.17, 15) is 4.79 Å². The van der Waals surface area contributed by atoms with Gasteiger partial charge in [-0.05, 0) is 31.2 Å². The second kappa shape index (κ2) is 6.39. The molecule has 0 aliphatic rings. The van der Waals surface area contributed by atoms with Crippen LogP contribution in [0, 0.1) is 0 Å². The van der Waals surface area contributed by atoms with E-state index >= 15 is 0 Å². The van der Waals surface area contributed by atoms with E-state index in [1.54, 1.807) is 37.3 Å². The maximum Gasteiger partial charge on any atom is 0.400 e. The van der Waals surface area contributed by atoms with E-state index in [0.717, 1.165) is 0 Å². The molecule has 3 aromatic rings. The van der Waals surface area contributed by atoms with E-state index in [1.807, 2.05) is 18.2 Å². The molecule has 0 aliphatic heterocycles. The van der Waals surface area contributed by atoms with Crippen LogP contribution in [-0.4, -0.2) is 24.2 Å². The molecule has 0 aliphatic carbocycles. The SMILES string of the molecule is COC(=O)[C@@H](C)Oc1ccccc1Oc1nc2ccccc2o1. The first-order valence-electron chi connectivity index (χ1n) is 7.04. The smallest absolute Gasteiger partial charge is 0.400 e.